The number of imidazole rings is 1. The molecule has 1 heterocycles. The summed E-state index contributed by atoms with van der Waals surface area (Å²) in [4.78, 5) is 4.21. The number of halogens is 1. The van der Waals surface area contributed by atoms with Crippen molar-refractivity contribution in [3.63, 3.8) is 0 Å². The minimum Gasteiger partial charge on any atom is -0.326 e. The second-order valence-electron chi connectivity index (χ2n) is 5.92. The SMILES string of the molecule is Clc1ccccc1[C@H](c1ccc(-c2ccccc2)cc1)n1ccnc1. The van der Waals surface area contributed by atoms with Crippen molar-refractivity contribution >= 4 is 11.6 Å². The van der Waals surface area contributed by atoms with E-state index >= 15 is 0 Å². The van der Waals surface area contributed by atoms with Crippen LogP contribution in [0.2, 0.25) is 5.02 Å². The second kappa shape index (κ2) is 6.96. The molecule has 122 valence electrons. The maximum atomic E-state index is 6.48. The maximum Gasteiger partial charge on any atom is 0.0954 e. The third-order valence-corrected chi connectivity index (χ3v) is 4.70. The fourth-order valence-corrected chi connectivity index (χ4v) is 3.36. The molecule has 0 radical (unpaired) electrons. The first-order valence-corrected chi connectivity index (χ1v) is 8.58. The van der Waals surface area contributed by atoms with Crippen LogP contribution in [0, 0.1) is 0 Å². The Balaban J connectivity index is 1.77. The van der Waals surface area contributed by atoms with Gasteiger partial charge in [0.2, 0.25) is 0 Å². The van der Waals surface area contributed by atoms with Crippen LogP contribution in [0.4, 0.5) is 0 Å². The van der Waals surface area contributed by atoms with Gasteiger partial charge < -0.3 is 4.57 Å². The van der Waals surface area contributed by atoms with Gasteiger partial charge in [0, 0.05) is 17.4 Å². The minimum atomic E-state index is 0.000948. The van der Waals surface area contributed by atoms with Gasteiger partial charge in [0.05, 0.1) is 12.4 Å². The molecular formula is C22H17ClN2. The number of nitrogens with zero attached hydrogens (tertiary/aromatic N) is 2. The van der Waals surface area contributed by atoms with E-state index in [9.17, 15) is 0 Å². The highest BCUT2D eigenvalue weighted by atomic mass is 35.5. The predicted octanol–water partition coefficient (Wildman–Crippen LogP) is 5.84. The molecule has 0 fully saturated rings. The third kappa shape index (κ3) is 3.21. The lowest BCUT2D eigenvalue weighted by Crippen LogP contribution is -2.11. The fourth-order valence-electron chi connectivity index (χ4n) is 3.12. The zero-order valence-corrected chi connectivity index (χ0v) is 14.3. The summed E-state index contributed by atoms with van der Waals surface area (Å²) in [7, 11) is 0. The van der Waals surface area contributed by atoms with Crippen molar-refractivity contribution in [1.29, 1.82) is 0 Å². The number of rotatable bonds is 4. The van der Waals surface area contributed by atoms with Gasteiger partial charge in [-0.1, -0.05) is 84.4 Å². The second-order valence-corrected chi connectivity index (χ2v) is 6.33. The lowest BCUT2D eigenvalue weighted by molar-refractivity contribution is 0.677. The molecule has 4 aromatic rings. The monoisotopic (exact) mass is 344 g/mol. The standard InChI is InChI=1S/C22H17ClN2/c23-21-9-5-4-8-20(21)22(25-15-14-24-16-25)19-12-10-18(11-13-19)17-6-2-1-3-7-17/h1-16,22H/t22-/m0/s1. The molecule has 1 aromatic heterocycles. The molecule has 1 atom stereocenters. The highest BCUT2D eigenvalue weighted by molar-refractivity contribution is 6.31. The molecule has 0 N–H and O–H groups in total. The molecule has 2 nitrogen and oxygen atoms in total. The van der Waals surface area contributed by atoms with Gasteiger partial charge in [0.1, 0.15) is 0 Å². The average molecular weight is 345 g/mol. The van der Waals surface area contributed by atoms with Crippen LogP contribution < -0.4 is 0 Å². The van der Waals surface area contributed by atoms with Crippen molar-refractivity contribution in [2.24, 2.45) is 0 Å². The van der Waals surface area contributed by atoms with Crippen LogP contribution in [0.5, 0.6) is 0 Å². The van der Waals surface area contributed by atoms with E-state index in [1.807, 2.05) is 36.8 Å². The molecule has 0 saturated carbocycles. The lowest BCUT2D eigenvalue weighted by atomic mass is 9.96. The van der Waals surface area contributed by atoms with Crippen LogP contribution in [0.1, 0.15) is 17.2 Å². The summed E-state index contributed by atoms with van der Waals surface area (Å²) in [6.07, 6.45) is 5.60. The first-order chi connectivity index (χ1) is 12.3. The van der Waals surface area contributed by atoms with Gasteiger partial charge >= 0.3 is 0 Å². The van der Waals surface area contributed by atoms with Crippen molar-refractivity contribution < 1.29 is 0 Å². The smallest absolute Gasteiger partial charge is 0.0954 e. The lowest BCUT2D eigenvalue weighted by Gasteiger charge is -2.21. The number of benzene rings is 3. The van der Waals surface area contributed by atoms with E-state index in [4.69, 9.17) is 11.6 Å². The van der Waals surface area contributed by atoms with E-state index in [-0.39, 0.29) is 6.04 Å². The van der Waals surface area contributed by atoms with E-state index in [1.54, 1.807) is 6.20 Å². The number of aromatic nitrogens is 2. The quantitative estimate of drug-likeness (QED) is 0.454. The molecule has 0 aliphatic rings. The zero-order valence-electron chi connectivity index (χ0n) is 13.6. The molecule has 0 unspecified atom stereocenters. The van der Waals surface area contributed by atoms with Crippen molar-refractivity contribution in [3.8, 4) is 11.1 Å². The van der Waals surface area contributed by atoms with Gasteiger partial charge in [-0.25, -0.2) is 4.98 Å². The highest BCUT2D eigenvalue weighted by Crippen LogP contribution is 2.32. The Morgan fingerprint density at radius 2 is 1.44 bits per heavy atom. The topological polar surface area (TPSA) is 17.8 Å². The molecule has 0 aliphatic heterocycles. The van der Waals surface area contributed by atoms with Crippen molar-refractivity contribution in [2.75, 3.05) is 0 Å². The third-order valence-electron chi connectivity index (χ3n) is 4.36. The minimum absolute atomic E-state index is 0.000948. The highest BCUT2D eigenvalue weighted by Gasteiger charge is 2.18. The molecule has 0 aliphatic carbocycles. The molecule has 0 amide bonds. The van der Waals surface area contributed by atoms with E-state index in [2.05, 4.69) is 64.1 Å². The summed E-state index contributed by atoms with van der Waals surface area (Å²) in [5.74, 6) is 0. The first kappa shape index (κ1) is 15.7. The molecule has 3 aromatic carbocycles. The largest absolute Gasteiger partial charge is 0.326 e. The van der Waals surface area contributed by atoms with Crippen LogP contribution in [0.3, 0.4) is 0 Å². The Bertz CT molecular complexity index is 945. The number of hydrogen-bond donors (Lipinski definition) is 0. The van der Waals surface area contributed by atoms with Gasteiger partial charge in [-0.2, -0.15) is 0 Å². The molecule has 0 bridgehead atoms. The van der Waals surface area contributed by atoms with E-state index in [1.165, 1.54) is 16.7 Å². The van der Waals surface area contributed by atoms with Crippen molar-refractivity contribution in [2.45, 2.75) is 6.04 Å². The van der Waals surface area contributed by atoms with Crippen LogP contribution in [-0.2, 0) is 0 Å². The van der Waals surface area contributed by atoms with E-state index < -0.39 is 0 Å². The summed E-state index contributed by atoms with van der Waals surface area (Å²) in [5.41, 5.74) is 4.65. The van der Waals surface area contributed by atoms with E-state index in [0.717, 1.165) is 10.6 Å². The molecule has 0 saturated heterocycles. The summed E-state index contributed by atoms with van der Waals surface area (Å²) in [6, 6.07) is 27.0. The van der Waals surface area contributed by atoms with Crippen LogP contribution >= 0.6 is 11.6 Å². The van der Waals surface area contributed by atoms with Gasteiger partial charge in [-0.05, 0) is 28.3 Å². The summed E-state index contributed by atoms with van der Waals surface area (Å²) >= 11 is 6.48. The van der Waals surface area contributed by atoms with Crippen LogP contribution in [0.25, 0.3) is 11.1 Å². The molecule has 4 rings (SSSR count). The Hall–Kier alpha value is -2.84. The predicted molar refractivity (Wildman–Crippen MR) is 103 cm³/mol. The Kier molecular flexibility index (Phi) is 4.36. The first-order valence-electron chi connectivity index (χ1n) is 8.20. The van der Waals surface area contributed by atoms with E-state index in [0.29, 0.717) is 0 Å². The molecule has 3 heteroatoms. The van der Waals surface area contributed by atoms with Gasteiger partial charge in [0.15, 0.2) is 0 Å². The van der Waals surface area contributed by atoms with Gasteiger partial charge in [0.25, 0.3) is 0 Å². The summed E-state index contributed by atoms with van der Waals surface area (Å²) in [5, 5.41) is 0.758. The number of hydrogen-bond acceptors (Lipinski definition) is 1. The van der Waals surface area contributed by atoms with Crippen LogP contribution in [0.15, 0.2) is 97.6 Å². The summed E-state index contributed by atoms with van der Waals surface area (Å²) < 4.78 is 2.08. The maximum absolute atomic E-state index is 6.48. The fraction of sp³-hybridized carbons (Fsp3) is 0.0455. The molecule has 25 heavy (non-hydrogen) atoms. The molecular weight excluding hydrogens is 328 g/mol. The Morgan fingerprint density at radius 1 is 0.760 bits per heavy atom. The van der Waals surface area contributed by atoms with Crippen LogP contribution in [-0.4, -0.2) is 9.55 Å². The van der Waals surface area contributed by atoms with Crippen molar-refractivity contribution in [3.05, 3.63) is 114 Å². The Labute approximate surface area is 152 Å². The van der Waals surface area contributed by atoms with Crippen molar-refractivity contribution in [1.82, 2.24) is 9.55 Å². The van der Waals surface area contributed by atoms with Gasteiger partial charge in [-0.15, -0.1) is 0 Å². The average Bonchev–Trinajstić information content (AvgIpc) is 3.19. The zero-order chi connectivity index (χ0) is 17.1. The van der Waals surface area contributed by atoms with Gasteiger partial charge in [-0.3, -0.25) is 0 Å². The normalized spacial score (nSPS) is 12.0. The molecule has 0 spiro atoms. The Morgan fingerprint density at radius 3 is 2.12 bits per heavy atom. The summed E-state index contributed by atoms with van der Waals surface area (Å²) in [6.45, 7) is 0.